The van der Waals surface area contributed by atoms with Crippen LogP contribution in [0.3, 0.4) is 0 Å². The zero-order valence-corrected chi connectivity index (χ0v) is 18.9. The van der Waals surface area contributed by atoms with Gasteiger partial charge in [-0.1, -0.05) is 18.2 Å². The van der Waals surface area contributed by atoms with Crippen molar-refractivity contribution in [3.05, 3.63) is 65.4 Å². The van der Waals surface area contributed by atoms with Gasteiger partial charge in [-0.3, -0.25) is 9.69 Å². The number of nitrogens with zero attached hydrogens (tertiary/aromatic N) is 2. The molecule has 4 atom stereocenters. The number of fused-ring (bicyclic) bond motifs is 5. The molecule has 0 spiro atoms. The van der Waals surface area contributed by atoms with Crippen LogP contribution >= 0.6 is 0 Å². The van der Waals surface area contributed by atoms with Gasteiger partial charge >= 0.3 is 0 Å². The average molecular weight is 434 g/mol. The Bertz CT molecular complexity index is 1120. The SMILES string of the molecule is COc1ccc(C(=O)N(C)[C@H]2C[C@H]3c4[nH]c5ccccc5c4CCN3C[C@H]2[C@H](C)O)cc1. The number of para-hydroxylation sites is 1. The summed E-state index contributed by atoms with van der Waals surface area (Å²) in [4.78, 5) is 21.3. The largest absolute Gasteiger partial charge is 0.497 e. The zero-order valence-electron chi connectivity index (χ0n) is 18.9. The molecule has 1 saturated heterocycles. The highest BCUT2D eigenvalue weighted by Gasteiger charge is 2.44. The summed E-state index contributed by atoms with van der Waals surface area (Å²) in [6.45, 7) is 3.61. The van der Waals surface area contributed by atoms with Crippen molar-refractivity contribution in [1.82, 2.24) is 14.8 Å². The van der Waals surface area contributed by atoms with Crippen molar-refractivity contribution in [2.24, 2.45) is 5.92 Å². The van der Waals surface area contributed by atoms with Crippen molar-refractivity contribution in [2.45, 2.75) is 38.0 Å². The summed E-state index contributed by atoms with van der Waals surface area (Å²) in [7, 11) is 3.49. The first-order chi connectivity index (χ1) is 15.5. The van der Waals surface area contributed by atoms with E-state index < -0.39 is 6.10 Å². The number of aromatic nitrogens is 1. The third-order valence-corrected chi connectivity index (χ3v) is 7.45. The molecule has 3 aromatic rings. The number of amides is 1. The number of methoxy groups -OCH3 is 1. The average Bonchev–Trinajstić information content (AvgIpc) is 3.21. The van der Waals surface area contributed by atoms with Crippen LogP contribution in [-0.2, 0) is 6.42 Å². The summed E-state index contributed by atoms with van der Waals surface area (Å²) < 4.78 is 5.22. The summed E-state index contributed by atoms with van der Waals surface area (Å²) in [5.74, 6) is 0.710. The number of carbonyl (C=O) groups excluding carboxylic acids is 1. The first kappa shape index (κ1) is 21.0. The number of benzene rings is 2. The van der Waals surface area contributed by atoms with Crippen LogP contribution in [0.25, 0.3) is 10.9 Å². The van der Waals surface area contributed by atoms with Crippen LogP contribution in [0.4, 0.5) is 0 Å². The lowest BCUT2D eigenvalue weighted by atomic mass is 9.80. The summed E-state index contributed by atoms with van der Waals surface area (Å²) in [6, 6.07) is 15.9. The Kier molecular flexibility index (Phi) is 5.43. The van der Waals surface area contributed by atoms with Gasteiger partial charge in [0.15, 0.2) is 0 Å². The van der Waals surface area contributed by atoms with Crippen molar-refractivity contribution in [3.8, 4) is 5.75 Å². The van der Waals surface area contributed by atoms with Crippen LogP contribution in [0.5, 0.6) is 5.75 Å². The summed E-state index contributed by atoms with van der Waals surface area (Å²) in [5, 5.41) is 11.9. The Hall–Kier alpha value is -2.83. The molecule has 1 aromatic heterocycles. The molecular formula is C26H31N3O3. The van der Waals surface area contributed by atoms with E-state index in [9.17, 15) is 9.90 Å². The fourth-order valence-electron chi connectivity index (χ4n) is 5.66. The second-order valence-electron chi connectivity index (χ2n) is 9.18. The predicted octanol–water partition coefficient (Wildman–Crippen LogP) is 3.62. The smallest absolute Gasteiger partial charge is 0.253 e. The van der Waals surface area contributed by atoms with Gasteiger partial charge < -0.3 is 19.7 Å². The quantitative estimate of drug-likeness (QED) is 0.660. The van der Waals surface area contributed by atoms with Crippen LogP contribution in [0.2, 0.25) is 0 Å². The molecule has 6 heteroatoms. The van der Waals surface area contributed by atoms with E-state index in [0.29, 0.717) is 5.56 Å². The van der Waals surface area contributed by atoms with Gasteiger partial charge in [0.25, 0.3) is 5.91 Å². The Balaban J connectivity index is 1.46. The standard InChI is InChI=1S/C26H31N3O3/c1-16(30)21-15-29-13-12-20-19-6-4-5-7-22(19)27-25(20)24(29)14-23(21)28(2)26(31)17-8-10-18(32-3)11-9-17/h4-11,16,21,23-24,27,30H,12-15H2,1-3H3/t16-,21-,23-,24-/m0/s1. The lowest BCUT2D eigenvalue weighted by molar-refractivity contribution is -0.0239. The molecule has 0 saturated carbocycles. The lowest BCUT2D eigenvalue weighted by Crippen LogP contribution is -2.56. The monoisotopic (exact) mass is 433 g/mol. The minimum atomic E-state index is -0.490. The molecule has 3 heterocycles. The van der Waals surface area contributed by atoms with Crippen LogP contribution in [0, 0.1) is 5.92 Å². The molecule has 6 nitrogen and oxygen atoms in total. The lowest BCUT2D eigenvalue weighted by Gasteiger charge is -2.49. The number of nitrogens with one attached hydrogen (secondary N) is 1. The van der Waals surface area contributed by atoms with E-state index in [4.69, 9.17) is 4.74 Å². The van der Waals surface area contributed by atoms with E-state index >= 15 is 0 Å². The fraction of sp³-hybridized carbons (Fsp3) is 0.423. The number of aromatic amines is 1. The minimum absolute atomic E-state index is 0.00405. The number of rotatable bonds is 4. The van der Waals surface area contributed by atoms with E-state index in [2.05, 4.69) is 34.1 Å². The van der Waals surface area contributed by atoms with Gasteiger partial charge in [0, 0.05) is 54.3 Å². The zero-order chi connectivity index (χ0) is 22.4. The predicted molar refractivity (Wildman–Crippen MR) is 125 cm³/mol. The molecule has 5 rings (SSSR count). The third kappa shape index (κ3) is 3.48. The highest BCUT2D eigenvalue weighted by atomic mass is 16.5. The Morgan fingerprint density at radius 3 is 2.69 bits per heavy atom. The van der Waals surface area contributed by atoms with Gasteiger partial charge in [-0.15, -0.1) is 0 Å². The molecule has 0 aliphatic carbocycles. The molecule has 1 fully saturated rings. The highest BCUT2D eigenvalue weighted by molar-refractivity contribution is 5.94. The molecular weight excluding hydrogens is 402 g/mol. The van der Waals surface area contributed by atoms with Gasteiger partial charge in [0.1, 0.15) is 5.75 Å². The molecule has 2 aliphatic heterocycles. The van der Waals surface area contributed by atoms with E-state index in [1.165, 1.54) is 22.2 Å². The maximum atomic E-state index is 13.3. The van der Waals surface area contributed by atoms with E-state index in [0.717, 1.165) is 31.7 Å². The fourth-order valence-corrected chi connectivity index (χ4v) is 5.66. The molecule has 2 N–H and O–H groups in total. The number of piperidine rings is 1. The van der Waals surface area contributed by atoms with Gasteiger partial charge in [0.05, 0.1) is 19.3 Å². The van der Waals surface area contributed by atoms with E-state index in [-0.39, 0.29) is 23.9 Å². The van der Waals surface area contributed by atoms with Crippen molar-refractivity contribution in [2.75, 3.05) is 27.2 Å². The van der Waals surface area contributed by atoms with Crippen molar-refractivity contribution in [3.63, 3.8) is 0 Å². The van der Waals surface area contributed by atoms with Gasteiger partial charge in [-0.2, -0.15) is 0 Å². The van der Waals surface area contributed by atoms with E-state index in [1.807, 2.05) is 31.0 Å². The maximum absolute atomic E-state index is 13.3. The first-order valence-electron chi connectivity index (χ1n) is 11.4. The minimum Gasteiger partial charge on any atom is -0.497 e. The number of ether oxygens (including phenoxy) is 1. The summed E-state index contributed by atoms with van der Waals surface area (Å²) >= 11 is 0. The highest BCUT2D eigenvalue weighted by Crippen LogP contribution is 2.42. The molecule has 1 amide bonds. The Labute approximate surface area is 188 Å². The van der Waals surface area contributed by atoms with Crippen molar-refractivity contribution < 1.29 is 14.6 Å². The first-order valence-corrected chi connectivity index (χ1v) is 11.4. The third-order valence-electron chi connectivity index (χ3n) is 7.45. The molecule has 32 heavy (non-hydrogen) atoms. The van der Waals surface area contributed by atoms with Crippen LogP contribution in [0.1, 0.15) is 41.0 Å². The van der Waals surface area contributed by atoms with Gasteiger partial charge in [-0.25, -0.2) is 0 Å². The summed E-state index contributed by atoms with van der Waals surface area (Å²) in [5.41, 5.74) is 4.49. The van der Waals surface area contributed by atoms with Crippen LogP contribution in [-0.4, -0.2) is 65.2 Å². The number of hydrogen-bond donors (Lipinski definition) is 2. The second-order valence-corrected chi connectivity index (χ2v) is 9.18. The molecule has 2 aromatic carbocycles. The Morgan fingerprint density at radius 2 is 1.97 bits per heavy atom. The Morgan fingerprint density at radius 1 is 1.22 bits per heavy atom. The summed E-state index contributed by atoms with van der Waals surface area (Å²) in [6.07, 6.45) is 1.32. The maximum Gasteiger partial charge on any atom is 0.253 e. The van der Waals surface area contributed by atoms with E-state index in [1.54, 1.807) is 19.2 Å². The van der Waals surface area contributed by atoms with Gasteiger partial charge in [-0.05, 0) is 55.7 Å². The van der Waals surface area contributed by atoms with Crippen LogP contribution in [0.15, 0.2) is 48.5 Å². The van der Waals surface area contributed by atoms with Gasteiger partial charge in [0.2, 0.25) is 0 Å². The molecule has 168 valence electrons. The number of aliphatic hydroxyl groups excluding tert-OH is 1. The molecule has 0 radical (unpaired) electrons. The molecule has 0 unspecified atom stereocenters. The topological polar surface area (TPSA) is 68.8 Å². The number of aliphatic hydroxyl groups is 1. The number of H-pyrrole nitrogens is 1. The van der Waals surface area contributed by atoms with Crippen LogP contribution < -0.4 is 4.74 Å². The molecule has 2 aliphatic rings. The number of hydrogen-bond acceptors (Lipinski definition) is 4. The normalized spacial score (nSPS) is 23.9. The van der Waals surface area contributed by atoms with Crippen molar-refractivity contribution >= 4 is 16.8 Å². The molecule has 0 bridgehead atoms. The van der Waals surface area contributed by atoms with Crippen molar-refractivity contribution in [1.29, 1.82) is 0 Å². The number of carbonyl (C=O) groups is 1. The second kappa shape index (κ2) is 8.26.